The molecule has 0 unspecified atom stereocenters. The van der Waals surface area contributed by atoms with Crippen LogP contribution in [0.4, 0.5) is 0 Å². The third kappa shape index (κ3) is 3.98. The van der Waals surface area contributed by atoms with E-state index in [4.69, 9.17) is 4.52 Å². The van der Waals surface area contributed by atoms with Gasteiger partial charge in [0.1, 0.15) is 10.6 Å². The molecule has 1 atom stereocenters. The molecule has 0 radical (unpaired) electrons. The zero-order valence-electron chi connectivity index (χ0n) is 16.7. The van der Waals surface area contributed by atoms with E-state index in [0.29, 0.717) is 37.4 Å². The Hall–Kier alpha value is -2.19. The number of nitrogens with one attached hydrogen (secondary N) is 1. The van der Waals surface area contributed by atoms with Crippen LogP contribution >= 0.6 is 0 Å². The first-order valence-electron chi connectivity index (χ1n) is 9.50. The molecule has 7 nitrogen and oxygen atoms in total. The van der Waals surface area contributed by atoms with E-state index < -0.39 is 10.0 Å². The van der Waals surface area contributed by atoms with Gasteiger partial charge in [-0.1, -0.05) is 29.4 Å². The fraction of sp³-hybridized carbons (Fsp3) is 0.500. The Bertz CT molecular complexity index is 940. The first-order chi connectivity index (χ1) is 13.2. The fourth-order valence-corrected chi connectivity index (χ4v) is 5.57. The van der Waals surface area contributed by atoms with Gasteiger partial charge in [-0.2, -0.15) is 4.31 Å². The molecule has 1 amide bonds. The van der Waals surface area contributed by atoms with Crippen LogP contribution in [0.1, 0.15) is 48.4 Å². The highest BCUT2D eigenvalue weighted by atomic mass is 32.2. The molecule has 1 aliphatic heterocycles. The first kappa shape index (κ1) is 20.5. The lowest BCUT2D eigenvalue weighted by Gasteiger charge is -2.31. The van der Waals surface area contributed by atoms with E-state index in [1.807, 2.05) is 38.1 Å². The van der Waals surface area contributed by atoms with Gasteiger partial charge in [0.25, 0.3) is 0 Å². The maximum atomic E-state index is 12.9. The molecule has 1 N–H and O–H groups in total. The summed E-state index contributed by atoms with van der Waals surface area (Å²) in [7, 11) is -3.66. The van der Waals surface area contributed by atoms with Crippen LogP contribution in [-0.2, 0) is 14.8 Å². The summed E-state index contributed by atoms with van der Waals surface area (Å²) in [6.45, 7) is 7.83. The highest BCUT2D eigenvalue weighted by molar-refractivity contribution is 7.89. The summed E-state index contributed by atoms with van der Waals surface area (Å²) in [6.07, 6.45) is 0.990. The lowest BCUT2D eigenvalue weighted by molar-refractivity contribution is -0.126. The number of rotatable bonds is 5. The molecule has 0 bridgehead atoms. The maximum absolute atomic E-state index is 12.9. The molecule has 1 aliphatic rings. The van der Waals surface area contributed by atoms with E-state index >= 15 is 0 Å². The molecule has 0 aliphatic carbocycles. The topological polar surface area (TPSA) is 92.5 Å². The van der Waals surface area contributed by atoms with Crippen LogP contribution in [0.5, 0.6) is 0 Å². The first-order valence-corrected chi connectivity index (χ1v) is 10.9. The van der Waals surface area contributed by atoms with E-state index in [9.17, 15) is 13.2 Å². The third-order valence-electron chi connectivity index (χ3n) is 5.40. The number of nitrogens with zero attached hydrogens (tertiary/aromatic N) is 2. The van der Waals surface area contributed by atoms with Gasteiger partial charge in [0, 0.05) is 19.0 Å². The molecule has 1 saturated heterocycles. The summed E-state index contributed by atoms with van der Waals surface area (Å²) in [5.74, 6) is 0.0807. The molecule has 0 saturated carbocycles. The fourth-order valence-electron chi connectivity index (χ4n) is 3.81. The summed E-state index contributed by atoms with van der Waals surface area (Å²) < 4.78 is 32.2. The van der Waals surface area contributed by atoms with E-state index in [-0.39, 0.29) is 22.8 Å². The van der Waals surface area contributed by atoms with Gasteiger partial charge in [0.15, 0.2) is 5.76 Å². The number of sulfonamides is 1. The van der Waals surface area contributed by atoms with Crippen LogP contribution in [-0.4, -0.2) is 36.9 Å². The predicted molar refractivity (Wildman–Crippen MR) is 105 cm³/mol. The Labute approximate surface area is 166 Å². The summed E-state index contributed by atoms with van der Waals surface area (Å²) >= 11 is 0. The van der Waals surface area contributed by atoms with Crippen molar-refractivity contribution in [2.24, 2.45) is 5.92 Å². The van der Waals surface area contributed by atoms with Gasteiger partial charge in [0.05, 0.1) is 6.04 Å². The minimum absolute atomic E-state index is 0.0230. The van der Waals surface area contributed by atoms with Gasteiger partial charge >= 0.3 is 0 Å². The molecule has 3 rings (SSSR count). The minimum Gasteiger partial charge on any atom is -0.360 e. The summed E-state index contributed by atoms with van der Waals surface area (Å²) in [6, 6.07) is 7.89. The van der Waals surface area contributed by atoms with Gasteiger partial charge in [0.2, 0.25) is 15.9 Å². The van der Waals surface area contributed by atoms with Crippen molar-refractivity contribution in [3.05, 3.63) is 46.8 Å². The lowest BCUT2D eigenvalue weighted by atomic mass is 9.96. The highest BCUT2D eigenvalue weighted by Gasteiger charge is 2.35. The van der Waals surface area contributed by atoms with Crippen molar-refractivity contribution in [2.75, 3.05) is 13.1 Å². The highest BCUT2D eigenvalue weighted by Crippen LogP contribution is 2.28. The molecule has 2 aromatic rings. The average Bonchev–Trinajstić information content (AvgIpc) is 3.01. The van der Waals surface area contributed by atoms with Crippen molar-refractivity contribution in [1.82, 2.24) is 14.8 Å². The number of amides is 1. The van der Waals surface area contributed by atoms with E-state index in [1.54, 1.807) is 13.8 Å². The number of carbonyl (C=O) groups is 1. The Balaban J connectivity index is 1.62. The van der Waals surface area contributed by atoms with Crippen LogP contribution in [0.3, 0.4) is 0 Å². The molecule has 28 heavy (non-hydrogen) atoms. The van der Waals surface area contributed by atoms with Crippen LogP contribution in [0, 0.1) is 26.7 Å². The molecule has 1 fully saturated rings. The van der Waals surface area contributed by atoms with E-state index in [0.717, 1.165) is 11.1 Å². The minimum atomic E-state index is -3.66. The van der Waals surface area contributed by atoms with Crippen molar-refractivity contribution >= 4 is 15.9 Å². The molecule has 2 heterocycles. The molecule has 1 aromatic carbocycles. The second-order valence-electron chi connectivity index (χ2n) is 7.42. The lowest BCUT2D eigenvalue weighted by Crippen LogP contribution is -2.43. The SMILES string of the molecule is Cc1ccccc1[C@@H](C)NC(=O)C1CCN(S(=O)(=O)c2c(C)noc2C)CC1. The second kappa shape index (κ2) is 8.05. The van der Waals surface area contributed by atoms with E-state index in [1.165, 1.54) is 4.31 Å². The smallest absolute Gasteiger partial charge is 0.248 e. The Morgan fingerprint density at radius 1 is 1.21 bits per heavy atom. The summed E-state index contributed by atoms with van der Waals surface area (Å²) in [5.41, 5.74) is 2.59. The number of benzene rings is 1. The second-order valence-corrected chi connectivity index (χ2v) is 9.29. The quantitative estimate of drug-likeness (QED) is 0.826. The molecule has 152 valence electrons. The number of piperidine rings is 1. The predicted octanol–water partition coefficient (Wildman–Crippen LogP) is 2.88. The molecule has 0 spiro atoms. The van der Waals surface area contributed by atoms with Crippen molar-refractivity contribution in [3.8, 4) is 0 Å². The number of carbonyl (C=O) groups excluding carboxylic acids is 1. The van der Waals surface area contributed by atoms with Crippen LogP contribution in [0.2, 0.25) is 0 Å². The zero-order valence-corrected chi connectivity index (χ0v) is 17.5. The largest absolute Gasteiger partial charge is 0.360 e. The normalized spacial score (nSPS) is 17.4. The zero-order chi connectivity index (χ0) is 20.5. The summed E-state index contributed by atoms with van der Waals surface area (Å²) in [5, 5.41) is 6.82. The Morgan fingerprint density at radius 2 is 1.86 bits per heavy atom. The monoisotopic (exact) mass is 405 g/mol. The van der Waals surface area contributed by atoms with Gasteiger partial charge in [-0.15, -0.1) is 0 Å². The Morgan fingerprint density at radius 3 is 2.43 bits per heavy atom. The van der Waals surface area contributed by atoms with Crippen molar-refractivity contribution in [1.29, 1.82) is 0 Å². The van der Waals surface area contributed by atoms with Gasteiger partial charge in [-0.25, -0.2) is 8.42 Å². The molecule has 8 heteroatoms. The summed E-state index contributed by atoms with van der Waals surface area (Å²) in [4.78, 5) is 12.8. The standard InChI is InChI=1S/C20H27N3O4S/c1-13-7-5-6-8-18(13)14(2)21-20(24)17-9-11-23(12-10-17)28(25,26)19-15(3)22-27-16(19)4/h5-8,14,17H,9-12H2,1-4H3,(H,21,24)/t14-/m1/s1. The van der Waals surface area contributed by atoms with Crippen molar-refractivity contribution in [2.45, 2.75) is 51.5 Å². The average molecular weight is 406 g/mol. The third-order valence-corrected chi connectivity index (χ3v) is 7.55. The number of aromatic nitrogens is 1. The van der Waals surface area contributed by atoms with Crippen molar-refractivity contribution in [3.63, 3.8) is 0 Å². The van der Waals surface area contributed by atoms with E-state index in [2.05, 4.69) is 10.5 Å². The maximum Gasteiger partial charge on any atom is 0.248 e. The van der Waals surface area contributed by atoms with Gasteiger partial charge < -0.3 is 9.84 Å². The number of hydrogen-bond donors (Lipinski definition) is 1. The molecular weight excluding hydrogens is 378 g/mol. The van der Waals surface area contributed by atoms with Crippen LogP contribution in [0.15, 0.2) is 33.7 Å². The van der Waals surface area contributed by atoms with Crippen LogP contribution in [0.25, 0.3) is 0 Å². The Kier molecular flexibility index (Phi) is 5.90. The van der Waals surface area contributed by atoms with Gasteiger partial charge in [-0.05, 0) is 51.7 Å². The molecule has 1 aromatic heterocycles. The molecular formula is C20H27N3O4S. The van der Waals surface area contributed by atoms with Crippen molar-refractivity contribution < 1.29 is 17.7 Å². The van der Waals surface area contributed by atoms with Gasteiger partial charge in [-0.3, -0.25) is 4.79 Å². The van der Waals surface area contributed by atoms with Crippen LogP contribution < -0.4 is 5.32 Å². The number of hydrogen-bond acceptors (Lipinski definition) is 5. The number of aryl methyl sites for hydroxylation is 3.